The van der Waals surface area contributed by atoms with E-state index in [0.29, 0.717) is 35.6 Å². The molecule has 1 heterocycles. The van der Waals surface area contributed by atoms with E-state index in [1.165, 1.54) is 6.07 Å². The Bertz CT molecular complexity index is 1090. The molecule has 0 amide bonds. The van der Waals surface area contributed by atoms with Gasteiger partial charge in [0.15, 0.2) is 5.43 Å². The van der Waals surface area contributed by atoms with E-state index in [0.717, 1.165) is 29.9 Å². The highest BCUT2D eigenvalue weighted by molar-refractivity contribution is 5.80. The van der Waals surface area contributed by atoms with Crippen LogP contribution in [0.1, 0.15) is 12.8 Å². The fraction of sp³-hybridized carbons (Fsp3) is 0.174. The van der Waals surface area contributed by atoms with Crippen LogP contribution in [0.5, 0.6) is 11.5 Å². The van der Waals surface area contributed by atoms with E-state index >= 15 is 0 Å². The Labute approximate surface area is 162 Å². The Morgan fingerprint density at radius 3 is 2.57 bits per heavy atom. The van der Waals surface area contributed by atoms with Crippen LogP contribution >= 0.6 is 0 Å². The summed E-state index contributed by atoms with van der Waals surface area (Å²) in [6.07, 6.45) is 8.19. The Morgan fingerprint density at radius 1 is 1.00 bits per heavy atom. The monoisotopic (exact) mass is 375 g/mol. The molecule has 1 aliphatic rings. The number of fused-ring (bicyclic) bond motifs is 1. The number of benzene rings is 2. The van der Waals surface area contributed by atoms with Gasteiger partial charge in [0.25, 0.3) is 0 Å². The molecule has 0 aliphatic heterocycles. The largest absolute Gasteiger partial charge is 0.492 e. The van der Waals surface area contributed by atoms with Gasteiger partial charge in [-0.3, -0.25) is 4.79 Å². The van der Waals surface area contributed by atoms with Crippen molar-refractivity contribution >= 4 is 11.0 Å². The molecule has 0 fully saturated rings. The van der Waals surface area contributed by atoms with Crippen LogP contribution in [0.4, 0.5) is 0 Å². The molecule has 5 heteroatoms. The zero-order valence-corrected chi connectivity index (χ0v) is 15.4. The third-order valence-electron chi connectivity index (χ3n) is 4.42. The second-order valence-corrected chi connectivity index (χ2v) is 6.48. The topological polar surface area (TPSA) is 74.7 Å². The molecular formula is C23H21NO4. The van der Waals surface area contributed by atoms with E-state index in [1.807, 2.05) is 30.3 Å². The van der Waals surface area contributed by atoms with Gasteiger partial charge in [-0.2, -0.15) is 0 Å². The maximum Gasteiger partial charge on any atom is 0.193 e. The third kappa shape index (κ3) is 4.00. The lowest BCUT2D eigenvalue weighted by molar-refractivity contribution is 0.328. The van der Waals surface area contributed by atoms with Gasteiger partial charge in [-0.15, -0.1) is 0 Å². The summed E-state index contributed by atoms with van der Waals surface area (Å²) in [7, 11) is 0. The molecule has 1 aliphatic carbocycles. The number of hydrogen-bond acceptors (Lipinski definition) is 5. The van der Waals surface area contributed by atoms with Gasteiger partial charge in [0.2, 0.25) is 0 Å². The molecule has 142 valence electrons. The summed E-state index contributed by atoms with van der Waals surface area (Å²) >= 11 is 0. The maximum absolute atomic E-state index is 12.5. The van der Waals surface area contributed by atoms with Crippen LogP contribution in [0.25, 0.3) is 22.3 Å². The van der Waals surface area contributed by atoms with Gasteiger partial charge in [-0.1, -0.05) is 6.08 Å². The average Bonchev–Trinajstić information content (AvgIpc) is 2.73. The highest BCUT2D eigenvalue weighted by atomic mass is 16.5. The molecule has 0 atom stereocenters. The summed E-state index contributed by atoms with van der Waals surface area (Å²) in [4.78, 5) is 12.5. The first kappa shape index (κ1) is 18.1. The summed E-state index contributed by atoms with van der Waals surface area (Å²) in [5.74, 6) is 2.71. The van der Waals surface area contributed by atoms with E-state index in [9.17, 15) is 4.79 Å². The minimum absolute atomic E-state index is 0.118. The molecule has 0 unspecified atom stereocenters. The molecule has 0 saturated carbocycles. The van der Waals surface area contributed by atoms with Gasteiger partial charge >= 0.3 is 0 Å². The molecule has 0 radical (unpaired) electrons. The standard InChI is InChI=1S/C23H21NO4/c24-12-13-26-19-10-11-22-20(14-19)21(25)15-23(28-22)16-6-8-18(9-7-16)27-17-4-2-1-3-5-17/h2,4-11,14-15H,1,3,12-13,24H2. The van der Waals surface area contributed by atoms with Gasteiger partial charge in [0.05, 0.1) is 5.39 Å². The second kappa shape index (κ2) is 8.15. The van der Waals surface area contributed by atoms with Crippen molar-refractivity contribution in [3.8, 4) is 22.8 Å². The number of allylic oxidation sites excluding steroid dienone is 3. The number of hydrogen-bond donors (Lipinski definition) is 1. The van der Waals surface area contributed by atoms with Crippen molar-refractivity contribution < 1.29 is 13.9 Å². The molecule has 2 aromatic carbocycles. The fourth-order valence-corrected chi connectivity index (χ4v) is 3.03. The zero-order valence-electron chi connectivity index (χ0n) is 15.4. The Hall–Kier alpha value is -3.31. The SMILES string of the molecule is NCCOc1ccc2oc(-c3ccc(OC4=CCCC=C4)cc3)cc(=O)c2c1. The maximum atomic E-state index is 12.5. The molecule has 3 aromatic rings. The van der Waals surface area contributed by atoms with E-state index in [1.54, 1.807) is 18.2 Å². The summed E-state index contributed by atoms with van der Waals surface area (Å²) in [6.45, 7) is 0.814. The number of rotatable bonds is 6. The lowest BCUT2D eigenvalue weighted by Crippen LogP contribution is -2.10. The van der Waals surface area contributed by atoms with Crippen LogP contribution in [0.15, 0.2) is 81.7 Å². The predicted octanol–water partition coefficient (Wildman–Crippen LogP) is 4.41. The Balaban J connectivity index is 1.59. The van der Waals surface area contributed by atoms with Crippen LogP contribution in [0.3, 0.4) is 0 Å². The Morgan fingerprint density at radius 2 is 1.82 bits per heavy atom. The second-order valence-electron chi connectivity index (χ2n) is 6.48. The first-order valence-electron chi connectivity index (χ1n) is 9.29. The third-order valence-corrected chi connectivity index (χ3v) is 4.42. The van der Waals surface area contributed by atoms with E-state index in [4.69, 9.17) is 19.6 Å². The van der Waals surface area contributed by atoms with Gasteiger partial charge in [0.1, 0.15) is 35.2 Å². The minimum atomic E-state index is -0.118. The van der Waals surface area contributed by atoms with Gasteiger partial charge < -0.3 is 19.6 Å². The zero-order chi connectivity index (χ0) is 19.3. The van der Waals surface area contributed by atoms with Gasteiger partial charge in [0, 0.05) is 18.2 Å². The molecule has 0 spiro atoms. The first-order valence-corrected chi connectivity index (χ1v) is 9.29. The summed E-state index contributed by atoms with van der Waals surface area (Å²) in [5, 5.41) is 0.481. The molecule has 1 aromatic heterocycles. The van der Waals surface area contributed by atoms with Crippen LogP contribution in [-0.4, -0.2) is 13.2 Å². The first-order chi connectivity index (χ1) is 13.7. The highest BCUT2D eigenvalue weighted by Gasteiger charge is 2.09. The van der Waals surface area contributed by atoms with Crippen molar-refractivity contribution in [1.29, 1.82) is 0 Å². The molecule has 5 nitrogen and oxygen atoms in total. The van der Waals surface area contributed by atoms with Crippen LogP contribution < -0.4 is 20.6 Å². The van der Waals surface area contributed by atoms with Gasteiger partial charge in [-0.25, -0.2) is 0 Å². The molecule has 0 bridgehead atoms. The molecule has 4 rings (SSSR count). The highest BCUT2D eigenvalue weighted by Crippen LogP contribution is 2.27. The molecule has 0 saturated heterocycles. The molecule has 28 heavy (non-hydrogen) atoms. The smallest absolute Gasteiger partial charge is 0.193 e. The van der Waals surface area contributed by atoms with E-state index in [-0.39, 0.29) is 5.43 Å². The molecular weight excluding hydrogens is 354 g/mol. The lowest BCUT2D eigenvalue weighted by atomic mass is 10.1. The predicted molar refractivity (Wildman–Crippen MR) is 110 cm³/mol. The van der Waals surface area contributed by atoms with E-state index < -0.39 is 0 Å². The van der Waals surface area contributed by atoms with Crippen molar-refractivity contribution in [2.45, 2.75) is 12.8 Å². The molecule has 2 N–H and O–H groups in total. The van der Waals surface area contributed by atoms with E-state index in [2.05, 4.69) is 12.2 Å². The summed E-state index contributed by atoms with van der Waals surface area (Å²) in [6, 6.07) is 14.2. The van der Waals surface area contributed by atoms with Gasteiger partial charge in [-0.05, 0) is 67.5 Å². The number of ether oxygens (including phenoxy) is 2. The fourth-order valence-electron chi connectivity index (χ4n) is 3.03. The summed E-state index contributed by atoms with van der Waals surface area (Å²) < 4.78 is 17.3. The summed E-state index contributed by atoms with van der Waals surface area (Å²) in [5.41, 5.74) is 6.65. The lowest BCUT2D eigenvalue weighted by Gasteiger charge is -2.10. The van der Waals surface area contributed by atoms with Crippen LogP contribution in [0.2, 0.25) is 0 Å². The Kier molecular flexibility index (Phi) is 5.26. The van der Waals surface area contributed by atoms with Crippen LogP contribution in [0, 0.1) is 0 Å². The van der Waals surface area contributed by atoms with Crippen molar-refractivity contribution in [1.82, 2.24) is 0 Å². The number of nitrogens with two attached hydrogens (primary N) is 1. The van der Waals surface area contributed by atoms with Crippen molar-refractivity contribution in [2.24, 2.45) is 5.73 Å². The minimum Gasteiger partial charge on any atom is -0.492 e. The van der Waals surface area contributed by atoms with Crippen LogP contribution in [-0.2, 0) is 0 Å². The van der Waals surface area contributed by atoms with Crippen molar-refractivity contribution in [3.05, 3.63) is 82.7 Å². The van der Waals surface area contributed by atoms with Crippen molar-refractivity contribution in [3.63, 3.8) is 0 Å². The quantitative estimate of drug-likeness (QED) is 0.691. The average molecular weight is 375 g/mol. The van der Waals surface area contributed by atoms with Crippen molar-refractivity contribution in [2.75, 3.05) is 13.2 Å². The normalized spacial score (nSPS) is 13.4.